The Labute approximate surface area is 111 Å². The molecule has 2 aromatic rings. The first-order chi connectivity index (χ1) is 9.31. The maximum atomic E-state index is 13.4. The third-order valence-corrected chi connectivity index (χ3v) is 2.63. The average Bonchev–Trinajstić information content (AvgIpc) is 2.45. The molecule has 0 atom stereocenters. The van der Waals surface area contributed by atoms with Crippen LogP contribution in [0.5, 0.6) is 11.5 Å². The van der Waals surface area contributed by atoms with Crippen LogP contribution in [0.15, 0.2) is 48.5 Å². The van der Waals surface area contributed by atoms with Crippen LogP contribution in [-0.2, 0) is 6.54 Å². The first-order valence-electron chi connectivity index (χ1n) is 6.09. The fraction of sp³-hybridized carbons (Fsp3) is 0.200. The Balaban J connectivity index is 1.85. The van der Waals surface area contributed by atoms with Gasteiger partial charge in [0.25, 0.3) is 0 Å². The summed E-state index contributed by atoms with van der Waals surface area (Å²) in [7, 11) is 0. The van der Waals surface area contributed by atoms with Gasteiger partial charge in [-0.25, -0.2) is 4.39 Å². The summed E-state index contributed by atoms with van der Waals surface area (Å²) in [5.74, 6) is 0.910. The molecule has 0 aromatic heterocycles. The van der Waals surface area contributed by atoms with Gasteiger partial charge >= 0.3 is 0 Å². The fourth-order valence-corrected chi connectivity index (χ4v) is 1.70. The van der Waals surface area contributed by atoms with Crippen molar-refractivity contribution >= 4 is 0 Å². The van der Waals surface area contributed by atoms with Gasteiger partial charge in [-0.3, -0.25) is 0 Å². The highest BCUT2D eigenvalue weighted by Crippen LogP contribution is 2.20. The summed E-state index contributed by atoms with van der Waals surface area (Å²) < 4.78 is 24.4. The van der Waals surface area contributed by atoms with Crippen LogP contribution < -0.4 is 15.2 Å². The molecule has 0 bridgehead atoms. The number of hydrogen-bond donors (Lipinski definition) is 1. The SMILES string of the molecule is NCc1c(F)cccc1OCCOc1ccccc1. The maximum absolute atomic E-state index is 13.4. The molecular weight excluding hydrogens is 245 g/mol. The Kier molecular flexibility index (Phi) is 4.75. The summed E-state index contributed by atoms with van der Waals surface area (Å²) in [6.45, 7) is 0.845. The van der Waals surface area contributed by atoms with Gasteiger partial charge in [-0.2, -0.15) is 0 Å². The van der Waals surface area contributed by atoms with E-state index in [0.29, 0.717) is 24.5 Å². The van der Waals surface area contributed by atoms with Crippen LogP contribution in [0.2, 0.25) is 0 Å². The summed E-state index contributed by atoms with van der Waals surface area (Å²) in [6, 6.07) is 14.1. The van der Waals surface area contributed by atoms with Crippen LogP contribution in [0.3, 0.4) is 0 Å². The molecule has 0 aliphatic rings. The summed E-state index contributed by atoms with van der Waals surface area (Å²) >= 11 is 0. The number of halogens is 1. The first-order valence-corrected chi connectivity index (χ1v) is 6.09. The second-order valence-electron chi connectivity index (χ2n) is 3.93. The first kappa shape index (κ1) is 13.4. The Morgan fingerprint density at radius 3 is 2.37 bits per heavy atom. The minimum absolute atomic E-state index is 0.113. The number of benzene rings is 2. The van der Waals surface area contributed by atoms with Crippen molar-refractivity contribution in [3.63, 3.8) is 0 Å². The van der Waals surface area contributed by atoms with Crippen LogP contribution in [-0.4, -0.2) is 13.2 Å². The zero-order valence-electron chi connectivity index (χ0n) is 10.5. The van der Waals surface area contributed by atoms with Crippen molar-refractivity contribution in [2.75, 3.05) is 13.2 Å². The van der Waals surface area contributed by atoms with E-state index in [4.69, 9.17) is 15.2 Å². The Morgan fingerprint density at radius 1 is 0.895 bits per heavy atom. The minimum Gasteiger partial charge on any atom is -0.490 e. The molecule has 0 fully saturated rings. The van der Waals surface area contributed by atoms with Crippen molar-refractivity contribution in [2.24, 2.45) is 5.73 Å². The molecule has 2 rings (SSSR count). The average molecular weight is 261 g/mol. The molecule has 2 N–H and O–H groups in total. The second kappa shape index (κ2) is 6.75. The lowest BCUT2D eigenvalue weighted by atomic mass is 10.2. The summed E-state index contributed by atoms with van der Waals surface area (Å²) in [4.78, 5) is 0. The van der Waals surface area contributed by atoms with Crippen molar-refractivity contribution in [1.82, 2.24) is 0 Å². The van der Waals surface area contributed by atoms with Gasteiger partial charge in [-0.1, -0.05) is 24.3 Å². The molecule has 0 aliphatic heterocycles. The molecule has 0 spiro atoms. The predicted molar refractivity (Wildman–Crippen MR) is 71.7 cm³/mol. The van der Waals surface area contributed by atoms with Crippen LogP contribution in [0.4, 0.5) is 4.39 Å². The van der Waals surface area contributed by atoms with Crippen molar-refractivity contribution in [2.45, 2.75) is 6.54 Å². The predicted octanol–water partition coefficient (Wildman–Crippen LogP) is 2.74. The third-order valence-electron chi connectivity index (χ3n) is 2.63. The van der Waals surface area contributed by atoms with Crippen molar-refractivity contribution in [1.29, 1.82) is 0 Å². The highest BCUT2D eigenvalue weighted by molar-refractivity contribution is 5.34. The van der Waals surface area contributed by atoms with E-state index < -0.39 is 0 Å². The zero-order valence-corrected chi connectivity index (χ0v) is 10.5. The van der Waals surface area contributed by atoms with Gasteiger partial charge in [-0.15, -0.1) is 0 Å². The molecule has 0 saturated heterocycles. The molecular formula is C15H16FNO2. The molecule has 0 aliphatic carbocycles. The topological polar surface area (TPSA) is 44.5 Å². The number of ether oxygens (including phenoxy) is 2. The van der Waals surface area contributed by atoms with E-state index in [2.05, 4.69) is 0 Å². The lowest BCUT2D eigenvalue weighted by Gasteiger charge is -2.11. The number of para-hydroxylation sites is 1. The van der Waals surface area contributed by atoms with E-state index >= 15 is 0 Å². The fourth-order valence-electron chi connectivity index (χ4n) is 1.70. The van der Waals surface area contributed by atoms with Crippen molar-refractivity contribution in [3.8, 4) is 11.5 Å². The zero-order chi connectivity index (χ0) is 13.5. The van der Waals surface area contributed by atoms with E-state index in [1.54, 1.807) is 12.1 Å². The van der Waals surface area contributed by atoms with Gasteiger partial charge in [0.2, 0.25) is 0 Å². The molecule has 0 saturated carbocycles. The maximum Gasteiger partial charge on any atom is 0.131 e. The van der Waals surface area contributed by atoms with Gasteiger partial charge in [0.15, 0.2) is 0 Å². The van der Waals surface area contributed by atoms with Gasteiger partial charge in [0, 0.05) is 12.1 Å². The van der Waals surface area contributed by atoms with E-state index in [0.717, 1.165) is 5.75 Å². The highest BCUT2D eigenvalue weighted by Gasteiger charge is 2.07. The summed E-state index contributed by atoms with van der Waals surface area (Å²) in [5.41, 5.74) is 5.89. The van der Waals surface area contributed by atoms with E-state index in [9.17, 15) is 4.39 Å². The molecule has 0 radical (unpaired) electrons. The monoisotopic (exact) mass is 261 g/mol. The number of hydrogen-bond acceptors (Lipinski definition) is 3. The molecule has 0 heterocycles. The smallest absolute Gasteiger partial charge is 0.131 e. The van der Waals surface area contributed by atoms with Crippen molar-refractivity contribution in [3.05, 3.63) is 59.9 Å². The Bertz CT molecular complexity index is 517. The summed E-state index contributed by atoms with van der Waals surface area (Å²) in [6.07, 6.45) is 0. The Morgan fingerprint density at radius 2 is 1.63 bits per heavy atom. The normalized spacial score (nSPS) is 10.2. The number of nitrogens with two attached hydrogens (primary N) is 1. The minimum atomic E-state index is -0.344. The highest BCUT2D eigenvalue weighted by atomic mass is 19.1. The van der Waals surface area contributed by atoms with Crippen LogP contribution in [0.1, 0.15) is 5.56 Å². The second-order valence-corrected chi connectivity index (χ2v) is 3.93. The van der Waals surface area contributed by atoms with Crippen molar-refractivity contribution < 1.29 is 13.9 Å². The quantitative estimate of drug-likeness (QED) is 0.813. The van der Waals surface area contributed by atoms with E-state index in [1.165, 1.54) is 6.07 Å². The Hall–Kier alpha value is -2.07. The lowest BCUT2D eigenvalue weighted by Crippen LogP contribution is -2.11. The van der Waals surface area contributed by atoms with Gasteiger partial charge < -0.3 is 15.2 Å². The van der Waals surface area contributed by atoms with Crippen LogP contribution >= 0.6 is 0 Å². The van der Waals surface area contributed by atoms with E-state index in [1.807, 2.05) is 30.3 Å². The van der Waals surface area contributed by atoms with Gasteiger partial charge in [-0.05, 0) is 24.3 Å². The molecule has 3 nitrogen and oxygen atoms in total. The molecule has 4 heteroatoms. The van der Waals surface area contributed by atoms with E-state index in [-0.39, 0.29) is 12.4 Å². The molecule has 19 heavy (non-hydrogen) atoms. The molecule has 2 aromatic carbocycles. The third kappa shape index (κ3) is 3.69. The number of rotatable bonds is 6. The molecule has 100 valence electrons. The van der Waals surface area contributed by atoms with Gasteiger partial charge in [0.1, 0.15) is 30.5 Å². The summed E-state index contributed by atoms with van der Waals surface area (Å²) in [5, 5.41) is 0. The lowest BCUT2D eigenvalue weighted by molar-refractivity contribution is 0.215. The van der Waals surface area contributed by atoms with Crippen LogP contribution in [0.25, 0.3) is 0 Å². The molecule has 0 unspecified atom stereocenters. The van der Waals surface area contributed by atoms with Crippen LogP contribution in [0, 0.1) is 5.82 Å². The molecule has 0 amide bonds. The standard InChI is InChI=1S/C15H16FNO2/c16-14-7-4-8-15(13(14)11-17)19-10-9-18-12-5-2-1-3-6-12/h1-8H,9-11,17H2. The largest absolute Gasteiger partial charge is 0.490 e. The van der Waals surface area contributed by atoms with Gasteiger partial charge in [0.05, 0.1) is 0 Å².